The van der Waals surface area contributed by atoms with Crippen LogP contribution in [-0.2, 0) is 0 Å². The van der Waals surface area contributed by atoms with Gasteiger partial charge < -0.3 is 0 Å². The molecule has 0 aromatic rings. The van der Waals surface area contributed by atoms with Gasteiger partial charge >= 0.3 is 0 Å². The number of nitriles is 4. The molecule has 0 aromatic heterocycles. The summed E-state index contributed by atoms with van der Waals surface area (Å²) in [6.45, 7) is 0. The Bertz CT molecular complexity index is 1480. The Morgan fingerprint density at radius 3 is 0.886 bits per heavy atom. The van der Waals surface area contributed by atoms with Crippen molar-refractivity contribution in [2.75, 3.05) is 0 Å². The van der Waals surface area contributed by atoms with Crippen molar-refractivity contribution in [3.8, 4) is 24.3 Å². The maximum atomic E-state index is 9.01. The van der Waals surface area contributed by atoms with E-state index in [-0.39, 0.29) is 0 Å². The summed E-state index contributed by atoms with van der Waals surface area (Å²) in [7, 11) is 0. The highest BCUT2D eigenvalue weighted by Crippen LogP contribution is 2.49. The van der Waals surface area contributed by atoms with Crippen LogP contribution in [0, 0.1) is 45.3 Å². The molecule has 3 heterocycles. The Labute approximate surface area is 284 Å². The molecule has 3 rings (SSSR count). The highest BCUT2D eigenvalue weighted by molar-refractivity contribution is 8.34. The second-order valence-corrected chi connectivity index (χ2v) is 15.9. The fraction of sp³-hybridized carbons (Fsp3) is 0.0588. The molecule has 3 aliphatic rings. The summed E-state index contributed by atoms with van der Waals surface area (Å²) in [5, 5.41) is 36.0. The van der Waals surface area contributed by atoms with E-state index in [2.05, 4.69) is 48.6 Å². The molecule has 0 aliphatic carbocycles. The van der Waals surface area contributed by atoms with Crippen molar-refractivity contribution in [2.45, 2.75) is 9.16 Å². The summed E-state index contributed by atoms with van der Waals surface area (Å²) in [5.41, 5.74) is 0. The van der Waals surface area contributed by atoms with Gasteiger partial charge in [-0.3, -0.25) is 0 Å². The molecule has 1 fully saturated rings. The van der Waals surface area contributed by atoms with Crippen LogP contribution < -0.4 is 0 Å². The van der Waals surface area contributed by atoms with Crippen LogP contribution in [0.1, 0.15) is 0 Å². The predicted octanol–water partition coefficient (Wildman–Crippen LogP) is 10.8. The van der Waals surface area contributed by atoms with Gasteiger partial charge in [0.1, 0.15) is 43.9 Å². The van der Waals surface area contributed by atoms with E-state index in [4.69, 9.17) is 21.0 Å². The second kappa shape index (κ2) is 21.2. The molecule has 0 spiro atoms. The summed E-state index contributed by atoms with van der Waals surface area (Å²) in [6, 6.07) is 8.21. The van der Waals surface area contributed by atoms with Crippen molar-refractivity contribution in [1.29, 1.82) is 21.0 Å². The molecule has 0 N–H and O–H groups in total. The number of thioether (sulfide) groups is 6. The van der Waals surface area contributed by atoms with Gasteiger partial charge in [0.25, 0.3) is 0 Å². The SMILES string of the molecule is N#CC1=C(C#N)SC(=C/C=C/C=C/C=C/C=C/C=C/C2SC(/C=C/C=C/C=C/C=C/C=C/C=C3SC(C#N)=C(C#N)S3)S2)S1. The smallest absolute Gasteiger partial charge is 0.115 e. The van der Waals surface area contributed by atoms with Crippen LogP contribution in [0.5, 0.6) is 0 Å². The minimum atomic E-state index is 0.466. The lowest BCUT2D eigenvalue weighted by molar-refractivity contribution is 1.48. The fourth-order valence-electron chi connectivity index (χ4n) is 2.99. The van der Waals surface area contributed by atoms with Crippen LogP contribution in [0.4, 0.5) is 0 Å². The van der Waals surface area contributed by atoms with Crippen LogP contribution in [-0.4, -0.2) is 9.16 Å². The van der Waals surface area contributed by atoms with Crippen molar-refractivity contribution in [3.63, 3.8) is 0 Å². The first-order valence-corrected chi connectivity index (χ1v) is 18.0. The predicted molar refractivity (Wildman–Crippen MR) is 197 cm³/mol. The lowest BCUT2D eigenvalue weighted by Gasteiger charge is -2.29. The molecule has 0 amide bonds. The summed E-state index contributed by atoms with van der Waals surface area (Å²) in [4.78, 5) is 1.86. The normalized spacial score (nSPS) is 21.2. The van der Waals surface area contributed by atoms with E-state index >= 15 is 0 Å². The van der Waals surface area contributed by atoms with E-state index < -0.39 is 0 Å². The third-order valence-electron chi connectivity index (χ3n) is 4.94. The Balaban J connectivity index is 1.22. The van der Waals surface area contributed by atoms with E-state index in [0.29, 0.717) is 28.8 Å². The molecule has 0 saturated carbocycles. The maximum Gasteiger partial charge on any atom is 0.115 e. The van der Waals surface area contributed by atoms with Gasteiger partial charge in [-0.15, -0.1) is 23.5 Å². The van der Waals surface area contributed by atoms with Gasteiger partial charge in [0.2, 0.25) is 0 Å². The molecule has 0 unspecified atom stereocenters. The van der Waals surface area contributed by atoms with Crippen molar-refractivity contribution in [2.24, 2.45) is 0 Å². The molecule has 0 aromatic carbocycles. The molecule has 0 radical (unpaired) electrons. The van der Waals surface area contributed by atoms with Crippen LogP contribution >= 0.6 is 70.6 Å². The number of rotatable bonds is 12. The molecule has 0 atom stereocenters. The average molecular weight is 681 g/mol. The van der Waals surface area contributed by atoms with E-state index in [1.807, 2.05) is 133 Å². The van der Waals surface area contributed by atoms with Gasteiger partial charge in [-0.1, -0.05) is 169 Å². The number of hydrogen-bond donors (Lipinski definition) is 0. The first-order valence-electron chi connectivity index (χ1n) is 12.9. The van der Waals surface area contributed by atoms with Crippen molar-refractivity contribution >= 4 is 70.6 Å². The van der Waals surface area contributed by atoms with Gasteiger partial charge in [0.05, 0.1) is 17.6 Å². The molecular formula is C34H24N4S6. The highest BCUT2D eigenvalue weighted by atomic mass is 32.3. The van der Waals surface area contributed by atoms with Gasteiger partial charge in [0, 0.05) is 0 Å². The Morgan fingerprint density at radius 2 is 0.614 bits per heavy atom. The van der Waals surface area contributed by atoms with Gasteiger partial charge in [-0.25, -0.2) is 0 Å². The Morgan fingerprint density at radius 1 is 0.364 bits per heavy atom. The van der Waals surface area contributed by atoms with Crippen molar-refractivity contribution < 1.29 is 0 Å². The zero-order chi connectivity index (χ0) is 31.2. The van der Waals surface area contributed by atoms with Crippen LogP contribution in [0.25, 0.3) is 0 Å². The minimum Gasteiger partial charge on any atom is -0.192 e. The number of nitrogens with zero attached hydrogens (tertiary/aromatic N) is 4. The van der Waals surface area contributed by atoms with Crippen molar-refractivity contribution in [3.05, 3.63) is 162 Å². The summed E-state index contributed by atoms with van der Waals surface area (Å²) in [6.07, 6.45) is 43.6. The first-order chi connectivity index (χ1) is 21.7. The number of allylic oxidation sites excluding steroid dienone is 24. The average Bonchev–Trinajstić information content (AvgIpc) is 3.63. The maximum absolute atomic E-state index is 9.01. The molecule has 3 aliphatic heterocycles. The van der Waals surface area contributed by atoms with Gasteiger partial charge in [-0.2, -0.15) is 21.0 Å². The van der Waals surface area contributed by atoms with Crippen LogP contribution in [0.3, 0.4) is 0 Å². The molecular weight excluding hydrogens is 657 g/mol. The van der Waals surface area contributed by atoms with Gasteiger partial charge in [-0.05, 0) is 12.2 Å². The third kappa shape index (κ3) is 13.0. The standard InChI is InChI=1S/C34H24N4S6/c35-23-27-28(24-36)40-31(39-27)19-15-11-7-3-1-5-9-13-17-21-33-43-34(44-33)22-18-14-10-6-2-4-8-12-16-20-32-41-29(25-37)30(26-38)42-32/h1-22,33-34H/b5-1+,6-2+,7-3+,8-4+,13-9+,14-10+,15-11+,16-12+,21-17+,22-18+. The summed E-state index contributed by atoms with van der Waals surface area (Å²) >= 11 is 9.16. The third-order valence-corrected chi connectivity index (χ3v) is 12.6. The molecule has 10 heteroatoms. The zero-order valence-corrected chi connectivity index (χ0v) is 28.0. The topological polar surface area (TPSA) is 95.2 Å². The molecule has 4 nitrogen and oxygen atoms in total. The second-order valence-electron chi connectivity index (χ2n) is 8.00. The largest absolute Gasteiger partial charge is 0.192 e. The molecule has 44 heavy (non-hydrogen) atoms. The van der Waals surface area contributed by atoms with Crippen LogP contribution in [0.2, 0.25) is 0 Å². The molecule has 0 bridgehead atoms. The summed E-state index contributed by atoms with van der Waals surface area (Å²) in [5.74, 6) is 0. The molecule has 216 valence electrons. The number of hydrogen-bond acceptors (Lipinski definition) is 10. The Hall–Kier alpha value is -3.58. The fourth-order valence-corrected chi connectivity index (χ4v) is 9.33. The Kier molecular flexibility index (Phi) is 16.8. The van der Waals surface area contributed by atoms with Crippen molar-refractivity contribution in [1.82, 2.24) is 0 Å². The van der Waals surface area contributed by atoms with E-state index in [9.17, 15) is 0 Å². The van der Waals surface area contributed by atoms with Crippen LogP contribution in [0.15, 0.2) is 162 Å². The quantitative estimate of drug-likeness (QED) is 0.185. The minimum absolute atomic E-state index is 0.466. The van der Waals surface area contributed by atoms with E-state index in [1.165, 1.54) is 47.0 Å². The zero-order valence-electron chi connectivity index (χ0n) is 23.1. The van der Waals surface area contributed by atoms with E-state index in [0.717, 1.165) is 8.47 Å². The van der Waals surface area contributed by atoms with E-state index in [1.54, 1.807) is 0 Å². The molecule has 1 saturated heterocycles. The lowest BCUT2D eigenvalue weighted by Crippen LogP contribution is -2.14. The lowest BCUT2D eigenvalue weighted by atomic mass is 10.3. The summed E-state index contributed by atoms with van der Waals surface area (Å²) < 4.78 is 2.79. The monoisotopic (exact) mass is 680 g/mol. The first kappa shape index (κ1) is 34.9. The van der Waals surface area contributed by atoms with Gasteiger partial charge in [0.15, 0.2) is 0 Å². The highest BCUT2D eigenvalue weighted by Gasteiger charge is 2.25.